The second-order valence-corrected chi connectivity index (χ2v) is 10.1. The van der Waals surface area contributed by atoms with Crippen LogP contribution in [0.15, 0.2) is 58.6 Å². The standard InChI is InChI=1S/C29H40N2O9/c1-15-11-19-25(34)20(14-21(32)27(19)39-7)31-28(35)16(2)9-8-10-22(37-5)26(40-29(30)36)18(4)13-17(3)24(33)23(12-15)38-6/h8-10,13-15,17,22-24,26,33H,11-12H2,1-7H3,(H2,30,36)(H,31,35)/t15-,17+,22+,23-,24+,26-/m0/s1. The summed E-state index contributed by atoms with van der Waals surface area (Å²) in [6.07, 6.45) is 3.61. The number of primary amides is 1. The van der Waals surface area contributed by atoms with Crippen molar-refractivity contribution in [2.45, 2.75) is 65.0 Å². The Morgan fingerprint density at radius 2 is 1.77 bits per heavy atom. The third-order valence-electron chi connectivity index (χ3n) is 6.95. The number of carbonyl (C=O) groups excluding carboxylic acids is 4. The number of Topliss-reactive ketones (excluding diaryl/α,β-unsaturated/α-hetero) is 1. The summed E-state index contributed by atoms with van der Waals surface area (Å²) in [6.45, 7) is 6.92. The van der Waals surface area contributed by atoms with E-state index >= 15 is 0 Å². The van der Waals surface area contributed by atoms with Gasteiger partial charge in [-0.3, -0.25) is 14.4 Å². The van der Waals surface area contributed by atoms with Gasteiger partial charge in [0.2, 0.25) is 11.6 Å². The molecule has 2 amide bonds. The minimum atomic E-state index is -1.00. The average molecular weight is 561 g/mol. The normalized spacial score (nSPS) is 29.3. The second kappa shape index (κ2) is 14.7. The SMILES string of the molecule is COC1=C2C[C@H](C)C[C@H](OC)[C@H](O)[C@H](C)C=C(C)[C@H](OC(N)=O)[C@H](OC)C=CC=C(C)C(=O)NC(=CC1=O)C2=O. The number of aliphatic hydroxyl groups excluding tert-OH is 1. The molecular weight excluding hydrogens is 520 g/mol. The van der Waals surface area contributed by atoms with E-state index in [1.54, 1.807) is 32.1 Å². The number of amides is 2. The molecule has 2 aliphatic rings. The lowest BCUT2D eigenvalue weighted by Gasteiger charge is -2.29. The average Bonchev–Trinajstić information content (AvgIpc) is 2.90. The van der Waals surface area contributed by atoms with E-state index in [0.717, 1.165) is 6.08 Å². The van der Waals surface area contributed by atoms with E-state index in [0.29, 0.717) is 12.0 Å². The largest absolute Gasteiger partial charge is 0.492 e. The Hall–Kier alpha value is -3.54. The number of hydrogen-bond acceptors (Lipinski definition) is 9. The Morgan fingerprint density at radius 3 is 2.35 bits per heavy atom. The number of carbonyl (C=O) groups is 4. The van der Waals surface area contributed by atoms with Crippen molar-refractivity contribution in [3.05, 3.63) is 58.6 Å². The number of nitrogens with one attached hydrogen (secondary N) is 1. The van der Waals surface area contributed by atoms with Gasteiger partial charge in [0.05, 0.1) is 25.0 Å². The highest BCUT2D eigenvalue weighted by molar-refractivity contribution is 6.23. The molecule has 0 aromatic carbocycles. The van der Waals surface area contributed by atoms with E-state index in [9.17, 15) is 24.3 Å². The lowest BCUT2D eigenvalue weighted by molar-refractivity contribution is -0.120. The number of rotatable bonds is 4. The van der Waals surface area contributed by atoms with Crippen LogP contribution in [0.2, 0.25) is 0 Å². The van der Waals surface area contributed by atoms with Gasteiger partial charge in [0.25, 0.3) is 5.91 Å². The van der Waals surface area contributed by atoms with Gasteiger partial charge in [-0.05, 0) is 38.2 Å². The molecule has 0 aromatic heterocycles. The molecule has 4 N–H and O–H groups in total. The molecule has 0 saturated heterocycles. The summed E-state index contributed by atoms with van der Waals surface area (Å²) in [6, 6.07) is 0. The van der Waals surface area contributed by atoms with E-state index < -0.39 is 53.9 Å². The molecule has 220 valence electrons. The van der Waals surface area contributed by atoms with Gasteiger partial charge in [0, 0.05) is 37.4 Å². The van der Waals surface area contributed by atoms with Gasteiger partial charge in [-0.1, -0.05) is 38.2 Å². The first-order chi connectivity index (χ1) is 18.8. The van der Waals surface area contributed by atoms with Crippen molar-refractivity contribution in [3.8, 4) is 0 Å². The first-order valence-electron chi connectivity index (χ1n) is 13.0. The maximum atomic E-state index is 13.3. The molecule has 0 aromatic rings. The zero-order valence-corrected chi connectivity index (χ0v) is 24.1. The van der Waals surface area contributed by atoms with E-state index in [-0.39, 0.29) is 34.9 Å². The number of aliphatic hydroxyl groups is 1. The van der Waals surface area contributed by atoms with Crippen LogP contribution in [0.3, 0.4) is 0 Å². The molecule has 0 radical (unpaired) electrons. The van der Waals surface area contributed by atoms with Gasteiger partial charge in [-0.25, -0.2) is 4.79 Å². The van der Waals surface area contributed by atoms with Crippen molar-refractivity contribution >= 4 is 23.6 Å². The third-order valence-corrected chi connectivity index (χ3v) is 6.95. The number of hydrogen-bond donors (Lipinski definition) is 3. The van der Waals surface area contributed by atoms with Gasteiger partial charge in [0.15, 0.2) is 11.9 Å². The summed E-state index contributed by atoms with van der Waals surface area (Å²) >= 11 is 0. The molecule has 0 fully saturated rings. The predicted molar refractivity (Wildman–Crippen MR) is 147 cm³/mol. The minimum absolute atomic E-state index is 0.0801. The highest BCUT2D eigenvalue weighted by atomic mass is 16.6. The number of allylic oxidation sites excluding steroid dienone is 4. The monoisotopic (exact) mass is 560 g/mol. The molecular formula is C29H40N2O9. The van der Waals surface area contributed by atoms with E-state index in [2.05, 4.69) is 5.32 Å². The van der Waals surface area contributed by atoms with Gasteiger partial charge in [-0.15, -0.1) is 0 Å². The van der Waals surface area contributed by atoms with E-state index in [1.807, 2.05) is 6.92 Å². The summed E-state index contributed by atoms with van der Waals surface area (Å²) in [5.74, 6) is -2.39. The zero-order chi connectivity index (χ0) is 30.1. The van der Waals surface area contributed by atoms with Crippen LogP contribution in [-0.4, -0.2) is 74.4 Å². The Bertz CT molecular complexity index is 1150. The Balaban J connectivity index is 2.60. The van der Waals surface area contributed by atoms with Crippen molar-refractivity contribution < 1.29 is 43.2 Å². The Morgan fingerprint density at radius 1 is 1.10 bits per heavy atom. The summed E-state index contributed by atoms with van der Waals surface area (Å²) in [7, 11) is 4.21. The molecule has 11 heteroatoms. The van der Waals surface area contributed by atoms with Crippen molar-refractivity contribution in [1.29, 1.82) is 0 Å². The molecule has 1 aliphatic heterocycles. The molecule has 11 nitrogen and oxygen atoms in total. The highest BCUT2D eigenvalue weighted by Crippen LogP contribution is 2.29. The molecule has 6 atom stereocenters. The Labute approximate surface area is 234 Å². The molecule has 0 spiro atoms. The van der Waals surface area contributed by atoms with Gasteiger partial charge in [0.1, 0.15) is 6.10 Å². The molecule has 40 heavy (non-hydrogen) atoms. The fraction of sp³-hybridized carbons (Fsp3) is 0.517. The fourth-order valence-electron chi connectivity index (χ4n) is 4.78. The number of methoxy groups -OCH3 is 3. The third kappa shape index (κ3) is 8.23. The molecule has 2 bridgehead atoms. The Kier molecular flexibility index (Phi) is 12.0. The van der Waals surface area contributed by atoms with Crippen LogP contribution in [0.25, 0.3) is 0 Å². The predicted octanol–water partition coefficient (Wildman–Crippen LogP) is 2.41. The second-order valence-electron chi connectivity index (χ2n) is 10.1. The number of ether oxygens (including phenoxy) is 4. The summed E-state index contributed by atoms with van der Waals surface area (Å²) < 4.78 is 21.7. The van der Waals surface area contributed by atoms with Crippen LogP contribution in [0, 0.1) is 11.8 Å². The van der Waals surface area contributed by atoms with Gasteiger partial charge in [-0.2, -0.15) is 0 Å². The van der Waals surface area contributed by atoms with Gasteiger partial charge >= 0.3 is 6.09 Å². The van der Waals surface area contributed by atoms with E-state index in [4.69, 9.17) is 24.7 Å². The smallest absolute Gasteiger partial charge is 0.405 e. The first-order valence-corrected chi connectivity index (χ1v) is 13.0. The molecule has 2 rings (SSSR count). The quantitative estimate of drug-likeness (QED) is 0.346. The first kappa shape index (κ1) is 32.7. The van der Waals surface area contributed by atoms with Crippen LogP contribution in [0.4, 0.5) is 4.79 Å². The van der Waals surface area contributed by atoms with Crippen molar-refractivity contribution in [1.82, 2.24) is 5.32 Å². The maximum Gasteiger partial charge on any atom is 0.405 e. The molecule has 1 heterocycles. The highest BCUT2D eigenvalue weighted by Gasteiger charge is 2.34. The fourth-order valence-corrected chi connectivity index (χ4v) is 4.78. The van der Waals surface area contributed by atoms with Crippen LogP contribution in [0.5, 0.6) is 0 Å². The van der Waals surface area contributed by atoms with Crippen molar-refractivity contribution in [2.75, 3.05) is 21.3 Å². The van der Waals surface area contributed by atoms with Crippen LogP contribution in [-0.2, 0) is 33.3 Å². The molecule has 0 unspecified atom stereocenters. The number of ketones is 2. The van der Waals surface area contributed by atoms with E-state index in [1.165, 1.54) is 34.3 Å². The zero-order valence-electron chi connectivity index (χ0n) is 24.1. The summed E-state index contributed by atoms with van der Waals surface area (Å²) in [5.41, 5.74) is 6.12. The minimum Gasteiger partial charge on any atom is -0.492 e. The van der Waals surface area contributed by atoms with Crippen LogP contribution >= 0.6 is 0 Å². The number of nitrogens with two attached hydrogens (primary N) is 1. The lowest BCUT2D eigenvalue weighted by Crippen LogP contribution is -2.37. The van der Waals surface area contributed by atoms with Gasteiger partial charge < -0.3 is 35.1 Å². The molecule has 1 aliphatic carbocycles. The topological polar surface area (TPSA) is 163 Å². The van der Waals surface area contributed by atoms with Crippen LogP contribution < -0.4 is 11.1 Å². The summed E-state index contributed by atoms with van der Waals surface area (Å²) in [4.78, 5) is 50.6. The van der Waals surface area contributed by atoms with Crippen molar-refractivity contribution in [2.24, 2.45) is 17.6 Å². The van der Waals surface area contributed by atoms with Crippen LogP contribution in [0.1, 0.15) is 40.5 Å². The summed E-state index contributed by atoms with van der Waals surface area (Å²) in [5, 5.41) is 13.7. The molecule has 0 saturated carbocycles. The van der Waals surface area contributed by atoms with Crippen molar-refractivity contribution in [3.63, 3.8) is 0 Å². The number of fused-ring (bicyclic) bond motifs is 2. The maximum absolute atomic E-state index is 13.3. The lowest BCUT2D eigenvalue weighted by atomic mass is 9.85.